The molecule has 92 valence electrons. The molecule has 0 amide bonds. The van der Waals surface area contributed by atoms with E-state index in [1.807, 2.05) is 42.5 Å². The van der Waals surface area contributed by atoms with Gasteiger partial charge in [-0.15, -0.1) is 0 Å². The van der Waals surface area contributed by atoms with E-state index >= 15 is 0 Å². The van der Waals surface area contributed by atoms with Crippen LogP contribution in [0.2, 0.25) is 5.02 Å². The van der Waals surface area contributed by atoms with E-state index in [9.17, 15) is 4.79 Å². The molecule has 0 aliphatic rings. The molecule has 1 unspecified atom stereocenters. The SMILES string of the molecule is O=C(Cl)C(Cc1ccccc1)c1ccc(Cl)cc1. The molecule has 0 heterocycles. The molecular weight excluding hydrogens is 267 g/mol. The Bertz CT molecular complexity index is 520. The van der Waals surface area contributed by atoms with Crippen LogP contribution in [0.25, 0.3) is 0 Å². The van der Waals surface area contributed by atoms with Gasteiger partial charge in [-0.3, -0.25) is 4.79 Å². The van der Waals surface area contributed by atoms with Gasteiger partial charge in [0.2, 0.25) is 5.24 Å². The quantitative estimate of drug-likeness (QED) is 0.756. The Kier molecular flexibility index (Phi) is 4.40. The summed E-state index contributed by atoms with van der Waals surface area (Å²) in [6.07, 6.45) is 0.602. The van der Waals surface area contributed by atoms with Crippen LogP contribution in [0.1, 0.15) is 17.0 Å². The summed E-state index contributed by atoms with van der Waals surface area (Å²) >= 11 is 11.5. The highest BCUT2D eigenvalue weighted by atomic mass is 35.5. The summed E-state index contributed by atoms with van der Waals surface area (Å²) < 4.78 is 0. The fraction of sp³-hybridized carbons (Fsp3) is 0.133. The summed E-state index contributed by atoms with van der Waals surface area (Å²) in [5.74, 6) is -0.327. The first-order valence-electron chi connectivity index (χ1n) is 5.65. The molecule has 1 nitrogen and oxygen atoms in total. The molecule has 0 spiro atoms. The number of halogens is 2. The van der Waals surface area contributed by atoms with Crippen molar-refractivity contribution in [3.8, 4) is 0 Å². The molecule has 18 heavy (non-hydrogen) atoms. The predicted octanol–water partition coefficient (Wildman–Crippen LogP) is 4.43. The van der Waals surface area contributed by atoms with Crippen molar-refractivity contribution in [2.75, 3.05) is 0 Å². The van der Waals surface area contributed by atoms with Gasteiger partial charge in [0, 0.05) is 5.02 Å². The van der Waals surface area contributed by atoms with Gasteiger partial charge in [0.15, 0.2) is 0 Å². The molecule has 0 saturated heterocycles. The minimum absolute atomic E-state index is 0.327. The molecule has 0 N–H and O–H groups in total. The Balaban J connectivity index is 2.24. The normalized spacial score (nSPS) is 12.1. The fourth-order valence-electron chi connectivity index (χ4n) is 1.87. The number of carbonyl (C=O) groups is 1. The first kappa shape index (κ1) is 13.1. The average molecular weight is 279 g/mol. The Hall–Kier alpha value is -1.31. The lowest BCUT2D eigenvalue weighted by Gasteiger charge is -2.13. The highest BCUT2D eigenvalue weighted by molar-refractivity contribution is 6.64. The van der Waals surface area contributed by atoms with Crippen LogP contribution in [-0.4, -0.2) is 5.24 Å². The molecule has 0 bridgehead atoms. The van der Waals surface area contributed by atoms with E-state index < -0.39 is 0 Å². The van der Waals surface area contributed by atoms with Gasteiger partial charge in [0.1, 0.15) is 0 Å². The molecule has 0 aliphatic heterocycles. The Morgan fingerprint density at radius 1 is 1.00 bits per heavy atom. The van der Waals surface area contributed by atoms with Gasteiger partial charge in [0.05, 0.1) is 5.92 Å². The van der Waals surface area contributed by atoms with Crippen LogP contribution in [-0.2, 0) is 11.2 Å². The van der Waals surface area contributed by atoms with Gasteiger partial charge in [-0.1, -0.05) is 54.1 Å². The van der Waals surface area contributed by atoms with E-state index in [0.717, 1.165) is 11.1 Å². The molecule has 0 aliphatic carbocycles. The zero-order valence-electron chi connectivity index (χ0n) is 9.64. The Labute approximate surface area is 116 Å². The number of carbonyl (C=O) groups excluding carboxylic acids is 1. The van der Waals surface area contributed by atoms with Gasteiger partial charge < -0.3 is 0 Å². The standard InChI is InChI=1S/C15H12Cl2O/c16-13-8-6-12(7-9-13)14(15(17)18)10-11-4-2-1-3-5-11/h1-9,14H,10H2. The van der Waals surface area contributed by atoms with E-state index in [4.69, 9.17) is 23.2 Å². The van der Waals surface area contributed by atoms with E-state index in [0.29, 0.717) is 11.4 Å². The minimum Gasteiger partial charge on any atom is -0.281 e. The van der Waals surface area contributed by atoms with Crippen molar-refractivity contribution in [3.63, 3.8) is 0 Å². The molecule has 2 rings (SSSR count). The number of rotatable bonds is 4. The van der Waals surface area contributed by atoms with Crippen LogP contribution in [0.4, 0.5) is 0 Å². The van der Waals surface area contributed by atoms with Crippen molar-refractivity contribution >= 4 is 28.4 Å². The van der Waals surface area contributed by atoms with E-state index in [2.05, 4.69) is 0 Å². The largest absolute Gasteiger partial charge is 0.281 e. The summed E-state index contributed by atoms with van der Waals surface area (Å²) in [4.78, 5) is 11.6. The minimum atomic E-state index is -0.346. The molecule has 0 radical (unpaired) electrons. The molecule has 2 aromatic carbocycles. The molecule has 2 aromatic rings. The summed E-state index contributed by atoms with van der Waals surface area (Å²) in [6, 6.07) is 17.1. The van der Waals surface area contributed by atoms with Crippen LogP contribution in [0.3, 0.4) is 0 Å². The van der Waals surface area contributed by atoms with E-state index in [1.54, 1.807) is 12.1 Å². The lowest BCUT2D eigenvalue weighted by atomic mass is 9.93. The number of benzene rings is 2. The van der Waals surface area contributed by atoms with Crippen LogP contribution >= 0.6 is 23.2 Å². The van der Waals surface area contributed by atoms with Crippen molar-refractivity contribution in [2.45, 2.75) is 12.3 Å². The van der Waals surface area contributed by atoms with Crippen LogP contribution in [0.15, 0.2) is 54.6 Å². The third-order valence-electron chi connectivity index (χ3n) is 2.83. The van der Waals surface area contributed by atoms with E-state index in [-0.39, 0.29) is 11.2 Å². The van der Waals surface area contributed by atoms with Crippen molar-refractivity contribution in [2.24, 2.45) is 0 Å². The Morgan fingerprint density at radius 2 is 1.61 bits per heavy atom. The van der Waals surface area contributed by atoms with Crippen molar-refractivity contribution < 1.29 is 4.79 Å². The van der Waals surface area contributed by atoms with Gasteiger partial charge in [-0.2, -0.15) is 0 Å². The van der Waals surface area contributed by atoms with E-state index in [1.165, 1.54) is 0 Å². The third-order valence-corrected chi connectivity index (χ3v) is 3.34. The lowest BCUT2D eigenvalue weighted by Crippen LogP contribution is -2.10. The summed E-state index contributed by atoms with van der Waals surface area (Å²) in [6.45, 7) is 0. The first-order valence-corrected chi connectivity index (χ1v) is 6.41. The van der Waals surface area contributed by atoms with Crippen LogP contribution in [0, 0.1) is 0 Å². The topological polar surface area (TPSA) is 17.1 Å². The van der Waals surface area contributed by atoms with Crippen LogP contribution in [0.5, 0.6) is 0 Å². The maximum atomic E-state index is 11.6. The maximum Gasteiger partial charge on any atom is 0.229 e. The summed E-state index contributed by atoms with van der Waals surface area (Å²) in [5.41, 5.74) is 1.98. The average Bonchev–Trinajstić information content (AvgIpc) is 2.38. The highest BCUT2D eigenvalue weighted by Crippen LogP contribution is 2.24. The smallest absolute Gasteiger partial charge is 0.229 e. The van der Waals surface area contributed by atoms with Gasteiger partial charge >= 0.3 is 0 Å². The van der Waals surface area contributed by atoms with Crippen LogP contribution < -0.4 is 0 Å². The van der Waals surface area contributed by atoms with Crippen molar-refractivity contribution in [1.29, 1.82) is 0 Å². The molecule has 0 fully saturated rings. The second kappa shape index (κ2) is 6.03. The molecule has 1 atom stereocenters. The Morgan fingerprint density at radius 3 is 2.17 bits per heavy atom. The maximum absolute atomic E-state index is 11.6. The second-order valence-electron chi connectivity index (χ2n) is 4.10. The molecule has 0 aromatic heterocycles. The van der Waals surface area contributed by atoms with Gasteiger partial charge in [-0.25, -0.2) is 0 Å². The number of hydrogen-bond donors (Lipinski definition) is 0. The first-order chi connectivity index (χ1) is 8.66. The highest BCUT2D eigenvalue weighted by Gasteiger charge is 2.19. The fourth-order valence-corrected chi connectivity index (χ4v) is 2.20. The molecule has 0 saturated carbocycles. The molecule has 3 heteroatoms. The summed E-state index contributed by atoms with van der Waals surface area (Å²) in [7, 11) is 0. The van der Waals surface area contributed by atoms with Gasteiger partial charge in [-0.05, 0) is 41.3 Å². The second-order valence-corrected chi connectivity index (χ2v) is 4.91. The zero-order chi connectivity index (χ0) is 13.0. The monoisotopic (exact) mass is 278 g/mol. The molecular formula is C15H12Cl2O. The lowest BCUT2D eigenvalue weighted by molar-refractivity contribution is -0.113. The number of hydrogen-bond acceptors (Lipinski definition) is 1. The predicted molar refractivity (Wildman–Crippen MR) is 75.2 cm³/mol. The van der Waals surface area contributed by atoms with Crippen molar-refractivity contribution in [3.05, 3.63) is 70.7 Å². The summed E-state index contributed by atoms with van der Waals surface area (Å²) in [5, 5.41) is 0.306. The third kappa shape index (κ3) is 3.34. The van der Waals surface area contributed by atoms with Crippen molar-refractivity contribution in [1.82, 2.24) is 0 Å². The van der Waals surface area contributed by atoms with Gasteiger partial charge in [0.25, 0.3) is 0 Å². The zero-order valence-corrected chi connectivity index (χ0v) is 11.2.